The topological polar surface area (TPSA) is 164 Å². The Bertz CT molecular complexity index is 1700. The van der Waals surface area contributed by atoms with Crippen LogP contribution < -0.4 is 16.0 Å². The highest BCUT2D eigenvalue weighted by Gasteiger charge is 2.47. The molecule has 3 aromatic heterocycles. The molecular formula is C32H37N9O4. The number of imidazole rings is 2. The molecule has 0 aliphatic carbocycles. The van der Waals surface area contributed by atoms with Gasteiger partial charge in [0.25, 0.3) is 5.91 Å². The summed E-state index contributed by atoms with van der Waals surface area (Å²) in [6.07, 6.45) is -0.363. The number of nitrogens with one attached hydrogen (secondary N) is 3. The van der Waals surface area contributed by atoms with Gasteiger partial charge < -0.3 is 35.5 Å². The molecule has 5 N–H and O–H groups in total. The number of rotatable bonds is 11. The highest BCUT2D eigenvalue weighted by molar-refractivity contribution is 5.85. The van der Waals surface area contributed by atoms with Crippen molar-refractivity contribution < 1.29 is 19.7 Å². The van der Waals surface area contributed by atoms with E-state index in [1.807, 2.05) is 61.0 Å². The van der Waals surface area contributed by atoms with Crippen molar-refractivity contribution in [2.45, 2.75) is 57.4 Å². The van der Waals surface area contributed by atoms with Crippen LogP contribution in [0.4, 0.5) is 11.8 Å². The van der Waals surface area contributed by atoms with Crippen LogP contribution in [-0.4, -0.2) is 76.6 Å². The third kappa shape index (κ3) is 6.10. The Morgan fingerprint density at radius 1 is 1.00 bits per heavy atom. The largest absolute Gasteiger partial charge is 0.387 e. The lowest BCUT2D eigenvalue weighted by Gasteiger charge is -2.21. The summed E-state index contributed by atoms with van der Waals surface area (Å²) in [5.74, 6) is 1.10. The maximum Gasteiger partial charge on any atom is 0.252 e. The van der Waals surface area contributed by atoms with Gasteiger partial charge >= 0.3 is 0 Å². The quantitative estimate of drug-likeness (QED) is 0.150. The Labute approximate surface area is 260 Å². The molecule has 5 aromatic rings. The van der Waals surface area contributed by atoms with Gasteiger partial charge in [-0.1, -0.05) is 60.7 Å². The highest BCUT2D eigenvalue weighted by Crippen LogP contribution is 2.34. The number of amides is 1. The maximum absolute atomic E-state index is 12.5. The fourth-order valence-corrected chi connectivity index (χ4v) is 5.72. The summed E-state index contributed by atoms with van der Waals surface area (Å²) < 4.78 is 9.38. The first kappa shape index (κ1) is 30.2. The Kier molecular flexibility index (Phi) is 8.74. The molecule has 0 spiro atoms. The minimum absolute atomic E-state index is 0.0106. The summed E-state index contributed by atoms with van der Waals surface area (Å²) in [7, 11) is 0. The smallest absolute Gasteiger partial charge is 0.252 e. The van der Waals surface area contributed by atoms with Gasteiger partial charge in [-0.05, 0) is 31.9 Å². The Balaban J connectivity index is 1.37. The predicted octanol–water partition coefficient (Wildman–Crippen LogP) is 2.96. The summed E-state index contributed by atoms with van der Waals surface area (Å²) >= 11 is 0. The summed E-state index contributed by atoms with van der Waals surface area (Å²) in [5.41, 5.74) is 3.08. The number of hydrogen-bond acceptors (Lipinski definition) is 10. The summed E-state index contributed by atoms with van der Waals surface area (Å²) in [4.78, 5) is 31.0. The van der Waals surface area contributed by atoms with Gasteiger partial charge in [0.15, 0.2) is 29.3 Å². The van der Waals surface area contributed by atoms with Crippen LogP contribution in [0, 0.1) is 6.92 Å². The van der Waals surface area contributed by atoms with Crippen molar-refractivity contribution in [3.8, 4) is 0 Å². The molecule has 1 aliphatic rings. The minimum Gasteiger partial charge on any atom is -0.387 e. The lowest BCUT2D eigenvalue weighted by molar-refractivity contribution is -0.137. The molecule has 2 aromatic carbocycles. The summed E-state index contributed by atoms with van der Waals surface area (Å²) in [6, 6.07) is 20.5. The van der Waals surface area contributed by atoms with Gasteiger partial charge in [-0.2, -0.15) is 9.97 Å². The zero-order valence-corrected chi connectivity index (χ0v) is 25.3. The molecule has 1 amide bonds. The average Bonchev–Trinajstić information content (AvgIpc) is 3.75. The van der Waals surface area contributed by atoms with Crippen molar-refractivity contribution in [3.05, 3.63) is 96.3 Å². The zero-order chi connectivity index (χ0) is 31.5. The van der Waals surface area contributed by atoms with Gasteiger partial charge in [0.2, 0.25) is 5.95 Å². The Morgan fingerprint density at radius 2 is 1.69 bits per heavy atom. The standard InChI is InChI=1S/C32H37N9O4/c1-4-33-30(44)27-25(42)26(43)31(45-27)41-18-36-24-28(38-32(39-29(24)41)37-20(3)40-16-15-34-19(40)2)35-17-23(21-11-7-5-8-12-21)22-13-9-6-10-14-22/h5-16,18,20,23,25-27,31,42-43H,4,17H2,1-3H3,(H,33,44)(H2,35,37,38,39)/t20?,25-,26+,27-,31+/m0/s1. The van der Waals surface area contributed by atoms with Crippen molar-refractivity contribution in [2.24, 2.45) is 0 Å². The molecule has 234 valence electrons. The molecule has 0 saturated carbocycles. The number of hydrogen-bond donors (Lipinski definition) is 5. The lowest BCUT2D eigenvalue weighted by atomic mass is 9.91. The maximum atomic E-state index is 12.5. The molecule has 4 heterocycles. The number of aromatic nitrogens is 6. The summed E-state index contributed by atoms with van der Waals surface area (Å²) in [5, 5.41) is 31.1. The second-order valence-corrected chi connectivity index (χ2v) is 11.0. The van der Waals surface area contributed by atoms with E-state index in [1.54, 1.807) is 13.1 Å². The first-order chi connectivity index (χ1) is 21.9. The van der Waals surface area contributed by atoms with Crippen LogP contribution in [0.3, 0.4) is 0 Å². The fraction of sp³-hybridized carbons (Fsp3) is 0.344. The number of carbonyl (C=O) groups is 1. The SMILES string of the molecule is CCNC(=O)[C@H]1O[C@@H](n2cnc3c(NCC(c4ccccc4)c4ccccc4)nc(NC(C)n4ccnc4C)nc32)[C@H](O)[C@@H]1O. The van der Waals surface area contributed by atoms with E-state index in [9.17, 15) is 15.0 Å². The van der Waals surface area contributed by atoms with Crippen molar-refractivity contribution in [1.29, 1.82) is 0 Å². The molecule has 45 heavy (non-hydrogen) atoms. The third-order valence-electron chi connectivity index (χ3n) is 8.04. The van der Waals surface area contributed by atoms with Crippen molar-refractivity contribution in [3.63, 3.8) is 0 Å². The first-order valence-corrected chi connectivity index (χ1v) is 15.0. The molecular weight excluding hydrogens is 574 g/mol. The van der Waals surface area contributed by atoms with Crippen LogP contribution in [0.15, 0.2) is 79.4 Å². The Hall–Kier alpha value is -4.85. The number of likely N-dealkylation sites (N-methyl/N-ethyl adjacent to an activating group) is 1. The third-order valence-corrected chi connectivity index (χ3v) is 8.04. The molecule has 1 aliphatic heterocycles. The van der Waals surface area contributed by atoms with Crippen LogP contribution in [0.5, 0.6) is 0 Å². The number of aryl methyl sites for hydroxylation is 1. The van der Waals surface area contributed by atoms with E-state index in [-0.39, 0.29) is 12.1 Å². The van der Waals surface area contributed by atoms with Crippen LogP contribution >= 0.6 is 0 Å². The first-order valence-electron chi connectivity index (χ1n) is 15.0. The fourth-order valence-electron chi connectivity index (χ4n) is 5.72. The normalized spacial score (nSPS) is 20.4. The van der Waals surface area contributed by atoms with Crippen LogP contribution in [0.25, 0.3) is 11.2 Å². The summed E-state index contributed by atoms with van der Waals surface area (Å²) in [6.45, 7) is 6.50. The zero-order valence-electron chi connectivity index (χ0n) is 25.3. The van der Waals surface area contributed by atoms with E-state index in [2.05, 4.69) is 50.2 Å². The second-order valence-electron chi connectivity index (χ2n) is 11.0. The number of ether oxygens (including phenoxy) is 1. The average molecular weight is 612 g/mol. The lowest BCUT2D eigenvalue weighted by Crippen LogP contribution is -2.42. The van der Waals surface area contributed by atoms with Gasteiger partial charge in [0.05, 0.1) is 6.33 Å². The van der Waals surface area contributed by atoms with Crippen LogP contribution in [-0.2, 0) is 9.53 Å². The van der Waals surface area contributed by atoms with E-state index in [0.29, 0.717) is 36.0 Å². The molecule has 0 bridgehead atoms. The van der Waals surface area contributed by atoms with Crippen LogP contribution in [0.1, 0.15) is 49.1 Å². The number of carbonyl (C=O) groups excluding carboxylic acids is 1. The molecule has 1 fully saturated rings. The molecule has 1 saturated heterocycles. The minimum atomic E-state index is -1.43. The van der Waals surface area contributed by atoms with E-state index in [4.69, 9.17) is 14.7 Å². The van der Waals surface area contributed by atoms with Crippen LogP contribution in [0.2, 0.25) is 0 Å². The molecule has 13 nitrogen and oxygen atoms in total. The predicted molar refractivity (Wildman–Crippen MR) is 168 cm³/mol. The Morgan fingerprint density at radius 3 is 2.31 bits per heavy atom. The van der Waals surface area contributed by atoms with Gasteiger partial charge in [-0.25, -0.2) is 9.97 Å². The molecule has 13 heteroatoms. The van der Waals surface area contributed by atoms with E-state index in [1.165, 1.54) is 10.9 Å². The number of fused-ring (bicyclic) bond motifs is 1. The van der Waals surface area contributed by atoms with Crippen molar-refractivity contribution >= 4 is 28.8 Å². The number of nitrogens with zero attached hydrogens (tertiary/aromatic N) is 6. The van der Waals surface area contributed by atoms with Crippen molar-refractivity contribution in [1.82, 2.24) is 34.4 Å². The number of benzene rings is 2. The van der Waals surface area contributed by atoms with Gasteiger partial charge in [-0.15, -0.1) is 0 Å². The molecule has 1 unspecified atom stereocenters. The van der Waals surface area contributed by atoms with Gasteiger partial charge in [0.1, 0.15) is 24.2 Å². The number of aliphatic hydroxyl groups excluding tert-OH is 2. The van der Waals surface area contributed by atoms with Gasteiger partial charge in [-0.3, -0.25) is 9.36 Å². The molecule has 6 rings (SSSR count). The van der Waals surface area contributed by atoms with Crippen molar-refractivity contribution in [2.75, 3.05) is 23.7 Å². The van der Waals surface area contributed by atoms with E-state index < -0.39 is 30.4 Å². The number of anilines is 2. The number of aliphatic hydroxyl groups is 2. The van der Waals surface area contributed by atoms with E-state index in [0.717, 1.165) is 17.0 Å². The highest BCUT2D eigenvalue weighted by atomic mass is 16.6. The van der Waals surface area contributed by atoms with Gasteiger partial charge in [0, 0.05) is 31.4 Å². The van der Waals surface area contributed by atoms with E-state index >= 15 is 0 Å². The second kappa shape index (κ2) is 13.0. The molecule has 5 atom stereocenters. The molecule has 0 radical (unpaired) electrons. The monoisotopic (exact) mass is 611 g/mol.